The highest BCUT2D eigenvalue weighted by Gasteiger charge is 2.44. The highest BCUT2D eigenvalue weighted by atomic mass is 32.1. The van der Waals surface area contributed by atoms with E-state index in [0.717, 1.165) is 30.4 Å². The van der Waals surface area contributed by atoms with Gasteiger partial charge in [-0.15, -0.1) is 0 Å². The molecule has 174 valence electrons. The number of hydrazine groups is 1. The summed E-state index contributed by atoms with van der Waals surface area (Å²) in [6, 6.07) is 16.0. The Labute approximate surface area is 200 Å². The van der Waals surface area contributed by atoms with Crippen molar-refractivity contribution in [3.63, 3.8) is 0 Å². The molecule has 1 heterocycles. The van der Waals surface area contributed by atoms with E-state index in [1.54, 1.807) is 6.07 Å². The van der Waals surface area contributed by atoms with Gasteiger partial charge in [0.05, 0.1) is 13.0 Å². The number of hydrogen-bond donors (Lipinski definition) is 2. The Morgan fingerprint density at radius 3 is 2.48 bits per heavy atom. The maximum atomic E-state index is 13.3. The summed E-state index contributed by atoms with van der Waals surface area (Å²) in [6.07, 6.45) is 2.90. The average molecular weight is 467 g/mol. The second kappa shape index (κ2) is 11.6. The number of hydrogen-bond acceptors (Lipinski definition) is 4. The van der Waals surface area contributed by atoms with E-state index in [-0.39, 0.29) is 35.8 Å². The third-order valence-electron chi connectivity index (χ3n) is 5.42. The smallest absolute Gasteiger partial charge is 0.254 e. The van der Waals surface area contributed by atoms with Gasteiger partial charge < -0.3 is 5.32 Å². The van der Waals surface area contributed by atoms with Crippen LogP contribution in [0.15, 0.2) is 54.6 Å². The third-order valence-corrected chi connectivity index (χ3v) is 5.83. The van der Waals surface area contributed by atoms with E-state index in [1.165, 1.54) is 9.91 Å². The van der Waals surface area contributed by atoms with Crippen molar-refractivity contribution < 1.29 is 14.4 Å². The standard InChI is InChI=1S/C25H30N4O3S/c1-3-4-6-14-22(30)27-29-21(16-23(31)26-20-13-9-10-18(2)15-20)24(32)28(25(29)33)17-19-11-7-5-8-12-19/h5,7-13,15,21H,3-4,6,14,16-17H2,1-2H3,(H,26,31)(H,27,30). The van der Waals surface area contributed by atoms with E-state index >= 15 is 0 Å². The lowest BCUT2D eigenvalue weighted by Gasteiger charge is -2.24. The minimum Gasteiger partial charge on any atom is -0.326 e. The second-order valence-electron chi connectivity index (χ2n) is 8.19. The van der Waals surface area contributed by atoms with Crippen LogP contribution in [-0.2, 0) is 20.9 Å². The molecule has 0 radical (unpaired) electrons. The molecule has 1 saturated heterocycles. The van der Waals surface area contributed by atoms with E-state index < -0.39 is 6.04 Å². The summed E-state index contributed by atoms with van der Waals surface area (Å²) in [7, 11) is 0. The van der Waals surface area contributed by atoms with Crippen molar-refractivity contribution in [3.8, 4) is 0 Å². The predicted molar refractivity (Wildman–Crippen MR) is 132 cm³/mol. The number of carbonyl (C=O) groups excluding carboxylic acids is 3. The number of unbranched alkanes of at least 4 members (excludes halogenated alkanes) is 2. The van der Waals surface area contributed by atoms with Crippen molar-refractivity contribution in [1.82, 2.24) is 15.3 Å². The van der Waals surface area contributed by atoms with Gasteiger partial charge in [0.2, 0.25) is 11.8 Å². The summed E-state index contributed by atoms with van der Waals surface area (Å²) in [5, 5.41) is 4.41. The van der Waals surface area contributed by atoms with Gasteiger partial charge in [0, 0.05) is 12.1 Å². The summed E-state index contributed by atoms with van der Waals surface area (Å²) < 4.78 is 0. The van der Waals surface area contributed by atoms with Crippen molar-refractivity contribution in [1.29, 1.82) is 0 Å². The van der Waals surface area contributed by atoms with Crippen LogP contribution < -0.4 is 10.7 Å². The van der Waals surface area contributed by atoms with Crippen molar-refractivity contribution in [2.24, 2.45) is 0 Å². The molecule has 0 bridgehead atoms. The second-order valence-corrected chi connectivity index (χ2v) is 8.56. The van der Waals surface area contributed by atoms with Crippen molar-refractivity contribution >= 4 is 40.7 Å². The van der Waals surface area contributed by atoms with Gasteiger partial charge in [0.1, 0.15) is 6.04 Å². The number of nitrogens with zero attached hydrogens (tertiary/aromatic N) is 2. The third kappa shape index (κ3) is 6.61. The molecule has 2 aromatic rings. The van der Waals surface area contributed by atoms with Crippen LogP contribution in [0.5, 0.6) is 0 Å². The first-order chi connectivity index (χ1) is 15.9. The number of thiocarbonyl (C=S) groups is 1. The van der Waals surface area contributed by atoms with Gasteiger partial charge in [0.15, 0.2) is 5.11 Å². The summed E-state index contributed by atoms with van der Waals surface area (Å²) in [5.74, 6) is -0.852. The molecule has 0 aliphatic carbocycles. The van der Waals surface area contributed by atoms with Gasteiger partial charge in [-0.1, -0.05) is 62.2 Å². The quantitative estimate of drug-likeness (QED) is 0.410. The minimum atomic E-state index is -0.902. The Hall–Kier alpha value is -3.26. The lowest BCUT2D eigenvalue weighted by Crippen LogP contribution is -2.49. The monoisotopic (exact) mass is 466 g/mol. The Morgan fingerprint density at radius 1 is 1.03 bits per heavy atom. The van der Waals surface area contributed by atoms with Crippen LogP contribution in [0.25, 0.3) is 0 Å². The zero-order valence-electron chi connectivity index (χ0n) is 19.0. The molecule has 1 aliphatic rings. The molecule has 3 amide bonds. The number of benzene rings is 2. The van der Waals surface area contributed by atoms with E-state index in [9.17, 15) is 14.4 Å². The van der Waals surface area contributed by atoms with Crippen molar-refractivity contribution in [2.75, 3.05) is 5.32 Å². The predicted octanol–water partition coefficient (Wildman–Crippen LogP) is 3.93. The van der Waals surface area contributed by atoms with Crippen molar-refractivity contribution in [2.45, 2.75) is 58.5 Å². The fraction of sp³-hybridized carbons (Fsp3) is 0.360. The fourth-order valence-electron chi connectivity index (χ4n) is 3.70. The average Bonchev–Trinajstić information content (AvgIpc) is 2.99. The largest absolute Gasteiger partial charge is 0.326 e. The van der Waals surface area contributed by atoms with Crippen molar-refractivity contribution in [3.05, 3.63) is 65.7 Å². The molecular formula is C25H30N4O3S. The SMILES string of the molecule is CCCCCC(=O)NN1C(=S)N(Cc2ccccc2)C(=O)C1CC(=O)Nc1cccc(C)c1. The molecule has 0 saturated carbocycles. The van der Waals surface area contributed by atoms with Crippen LogP contribution in [0.1, 0.15) is 50.2 Å². The molecule has 0 spiro atoms. The normalized spacial score (nSPS) is 15.6. The first-order valence-electron chi connectivity index (χ1n) is 11.2. The highest BCUT2D eigenvalue weighted by Crippen LogP contribution is 2.22. The van der Waals surface area contributed by atoms with Gasteiger partial charge in [0.25, 0.3) is 5.91 Å². The molecule has 33 heavy (non-hydrogen) atoms. The van der Waals surface area contributed by atoms with Gasteiger partial charge >= 0.3 is 0 Å². The molecule has 7 nitrogen and oxygen atoms in total. The summed E-state index contributed by atoms with van der Waals surface area (Å²) in [5.41, 5.74) is 5.35. The molecular weight excluding hydrogens is 436 g/mol. The molecule has 1 atom stereocenters. The highest BCUT2D eigenvalue weighted by molar-refractivity contribution is 7.80. The molecule has 2 aromatic carbocycles. The van der Waals surface area contributed by atoms with Crippen LogP contribution in [0.3, 0.4) is 0 Å². The van der Waals surface area contributed by atoms with E-state index in [1.807, 2.05) is 55.5 Å². The van der Waals surface area contributed by atoms with Crippen LogP contribution in [-0.4, -0.2) is 38.8 Å². The molecule has 3 rings (SSSR count). The Bertz CT molecular complexity index is 1010. The summed E-state index contributed by atoms with van der Waals surface area (Å²) in [4.78, 5) is 40.0. The summed E-state index contributed by atoms with van der Waals surface area (Å²) >= 11 is 5.55. The van der Waals surface area contributed by atoms with Gasteiger partial charge in [-0.2, -0.15) is 0 Å². The molecule has 2 N–H and O–H groups in total. The molecule has 1 aliphatic heterocycles. The van der Waals surface area contributed by atoms with Crippen LogP contribution in [0.4, 0.5) is 5.69 Å². The zero-order valence-corrected chi connectivity index (χ0v) is 19.9. The number of amides is 3. The fourth-order valence-corrected chi connectivity index (χ4v) is 4.03. The van der Waals surface area contributed by atoms with E-state index in [0.29, 0.717) is 12.1 Å². The van der Waals surface area contributed by atoms with Gasteiger partial charge in [-0.05, 0) is 48.8 Å². The number of aryl methyl sites for hydroxylation is 1. The molecule has 8 heteroatoms. The topological polar surface area (TPSA) is 81.8 Å². The van der Waals surface area contributed by atoms with Gasteiger partial charge in [-0.25, -0.2) is 5.01 Å². The lowest BCUT2D eigenvalue weighted by atomic mass is 10.1. The maximum absolute atomic E-state index is 13.3. The van der Waals surface area contributed by atoms with Crippen LogP contribution in [0.2, 0.25) is 0 Å². The first kappa shape index (κ1) is 24.4. The molecule has 0 aromatic heterocycles. The Kier molecular flexibility index (Phi) is 8.54. The zero-order chi connectivity index (χ0) is 23.8. The van der Waals surface area contributed by atoms with Crippen LogP contribution in [0, 0.1) is 6.92 Å². The number of rotatable bonds is 10. The maximum Gasteiger partial charge on any atom is 0.254 e. The minimum absolute atomic E-state index is 0.132. The van der Waals surface area contributed by atoms with Crippen LogP contribution >= 0.6 is 12.2 Å². The van der Waals surface area contributed by atoms with E-state index in [4.69, 9.17) is 12.2 Å². The molecule has 1 fully saturated rings. The number of anilines is 1. The first-order valence-corrected chi connectivity index (χ1v) is 11.6. The Morgan fingerprint density at radius 2 is 1.79 bits per heavy atom. The lowest BCUT2D eigenvalue weighted by molar-refractivity contribution is -0.133. The Balaban J connectivity index is 1.75. The van der Waals surface area contributed by atoms with E-state index in [2.05, 4.69) is 17.7 Å². The number of nitrogens with one attached hydrogen (secondary N) is 2. The van der Waals surface area contributed by atoms with Gasteiger partial charge in [-0.3, -0.25) is 24.7 Å². The molecule has 1 unspecified atom stereocenters. The number of carbonyl (C=O) groups is 3. The summed E-state index contributed by atoms with van der Waals surface area (Å²) in [6.45, 7) is 4.28.